The monoisotopic (exact) mass is 402 g/mol. The van der Waals surface area contributed by atoms with Gasteiger partial charge in [0.2, 0.25) is 0 Å². The molecule has 0 spiro atoms. The number of allylic oxidation sites excluding steroid dienone is 1. The first kappa shape index (κ1) is 21.9. The Bertz CT molecular complexity index is 610. The predicted octanol–water partition coefficient (Wildman–Crippen LogP) is 6.22. The van der Waals surface area contributed by atoms with Gasteiger partial charge in [-0.2, -0.15) is 0 Å². The summed E-state index contributed by atoms with van der Waals surface area (Å²) in [5.74, 6) is 5.97. The standard InChI is InChI=1S/C27H46O2/c1-16(2)25(29)11-6-17(3)23-9-10-24-21-8-7-19-15-20(28)14-18(4)26(19)22(21)12-13-27(23,24)5/h7,16-18,20-26,28-29H,6,8-15H2,1-5H3/t17-,18-,20+,21?,22?,23?,24?,25?,26?,27-/m1/s1. The lowest BCUT2D eigenvalue weighted by Gasteiger charge is -2.55. The summed E-state index contributed by atoms with van der Waals surface area (Å²) >= 11 is 0. The number of aliphatic hydroxyl groups excluding tert-OH is 2. The van der Waals surface area contributed by atoms with Crippen LogP contribution in [0.15, 0.2) is 11.6 Å². The molecule has 2 N–H and O–H groups in total. The highest BCUT2D eigenvalue weighted by molar-refractivity contribution is 5.21. The van der Waals surface area contributed by atoms with Crippen molar-refractivity contribution in [1.29, 1.82) is 0 Å². The summed E-state index contributed by atoms with van der Waals surface area (Å²) in [5, 5.41) is 20.6. The number of hydrogen-bond donors (Lipinski definition) is 2. The van der Waals surface area contributed by atoms with Crippen molar-refractivity contribution in [3.8, 4) is 0 Å². The summed E-state index contributed by atoms with van der Waals surface area (Å²) in [7, 11) is 0. The van der Waals surface area contributed by atoms with Gasteiger partial charge in [0.1, 0.15) is 0 Å². The minimum atomic E-state index is -0.136. The molecule has 0 aromatic rings. The molecule has 166 valence electrons. The average molecular weight is 403 g/mol. The van der Waals surface area contributed by atoms with Crippen molar-refractivity contribution < 1.29 is 10.2 Å². The minimum Gasteiger partial charge on any atom is -0.393 e. The van der Waals surface area contributed by atoms with E-state index >= 15 is 0 Å². The number of aliphatic hydroxyl groups is 2. The van der Waals surface area contributed by atoms with Crippen LogP contribution in [-0.4, -0.2) is 22.4 Å². The molecule has 29 heavy (non-hydrogen) atoms. The van der Waals surface area contributed by atoms with Gasteiger partial charge < -0.3 is 10.2 Å². The second-order valence-electron chi connectivity index (χ2n) is 12.1. The third-order valence-corrected chi connectivity index (χ3v) is 10.2. The highest BCUT2D eigenvalue weighted by Crippen LogP contribution is 2.65. The molecule has 0 aromatic heterocycles. The Balaban J connectivity index is 1.47. The van der Waals surface area contributed by atoms with Gasteiger partial charge in [-0.3, -0.25) is 0 Å². The molecule has 10 atom stereocenters. The van der Waals surface area contributed by atoms with Gasteiger partial charge in [0, 0.05) is 0 Å². The van der Waals surface area contributed by atoms with Crippen LogP contribution in [0.5, 0.6) is 0 Å². The van der Waals surface area contributed by atoms with E-state index in [1.54, 1.807) is 5.57 Å². The minimum absolute atomic E-state index is 0.101. The maximum atomic E-state index is 10.3. The summed E-state index contributed by atoms with van der Waals surface area (Å²) in [4.78, 5) is 0. The first-order valence-electron chi connectivity index (χ1n) is 12.8. The summed E-state index contributed by atoms with van der Waals surface area (Å²) in [5.41, 5.74) is 2.11. The Morgan fingerprint density at radius 3 is 2.59 bits per heavy atom. The topological polar surface area (TPSA) is 40.5 Å². The van der Waals surface area contributed by atoms with Gasteiger partial charge in [-0.25, -0.2) is 0 Å². The molecular formula is C27H46O2. The third-order valence-electron chi connectivity index (χ3n) is 10.2. The summed E-state index contributed by atoms with van der Waals surface area (Å²) < 4.78 is 0. The first-order chi connectivity index (χ1) is 13.7. The van der Waals surface area contributed by atoms with Gasteiger partial charge in [-0.1, -0.05) is 46.3 Å². The molecule has 3 saturated carbocycles. The first-order valence-corrected chi connectivity index (χ1v) is 12.8. The normalized spacial score (nSPS) is 46.5. The summed E-state index contributed by atoms with van der Waals surface area (Å²) in [6, 6.07) is 0. The second-order valence-corrected chi connectivity index (χ2v) is 12.1. The van der Waals surface area contributed by atoms with Gasteiger partial charge in [-0.15, -0.1) is 0 Å². The van der Waals surface area contributed by atoms with Gasteiger partial charge in [0.25, 0.3) is 0 Å². The van der Waals surface area contributed by atoms with Gasteiger partial charge in [0.15, 0.2) is 0 Å². The van der Waals surface area contributed by atoms with Crippen molar-refractivity contribution in [2.24, 2.45) is 52.8 Å². The summed E-state index contributed by atoms with van der Waals surface area (Å²) in [6.07, 6.45) is 13.3. The molecule has 6 unspecified atom stereocenters. The van der Waals surface area contributed by atoms with E-state index in [9.17, 15) is 10.2 Å². The van der Waals surface area contributed by atoms with Crippen molar-refractivity contribution in [1.82, 2.24) is 0 Å². The Labute approximate surface area is 179 Å². The van der Waals surface area contributed by atoms with Crippen LogP contribution in [0.3, 0.4) is 0 Å². The van der Waals surface area contributed by atoms with Crippen LogP contribution in [0.1, 0.15) is 92.4 Å². The Kier molecular flexibility index (Phi) is 6.26. The van der Waals surface area contributed by atoms with Crippen molar-refractivity contribution in [3.63, 3.8) is 0 Å². The van der Waals surface area contributed by atoms with E-state index in [1.165, 1.54) is 38.5 Å². The molecule has 0 radical (unpaired) electrons. The van der Waals surface area contributed by atoms with Crippen LogP contribution >= 0.6 is 0 Å². The van der Waals surface area contributed by atoms with E-state index < -0.39 is 0 Å². The van der Waals surface area contributed by atoms with Crippen molar-refractivity contribution >= 4 is 0 Å². The lowest BCUT2D eigenvalue weighted by Crippen LogP contribution is -2.48. The van der Waals surface area contributed by atoms with Crippen LogP contribution in [0.25, 0.3) is 0 Å². The molecule has 4 aliphatic rings. The van der Waals surface area contributed by atoms with Crippen LogP contribution in [0.4, 0.5) is 0 Å². The van der Waals surface area contributed by atoms with Crippen molar-refractivity contribution in [2.75, 3.05) is 0 Å². The predicted molar refractivity (Wildman–Crippen MR) is 120 cm³/mol. The van der Waals surface area contributed by atoms with E-state index in [-0.39, 0.29) is 12.2 Å². The van der Waals surface area contributed by atoms with E-state index in [1.807, 2.05) is 0 Å². The molecule has 0 heterocycles. The van der Waals surface area contributed by atoms with Crippen LogP contribution < -0.4 is 0 Å². The molecular weight excluding hydrogens is 356 g/mol. The van der Waals surface area contributed by atoms with Crippen LogP contribution in [0, 0.1) is 52.8 Å². The molecule has 0 aromatic carbocycles. The fraction of sp³-hybridized carbons (Fsp3) is 0.926. The molecule has 0 bridgehead atoms. The molecule has 0 aliphatic heterocycles. The maximum absolute atomic E-state index is 10.3. The SMILES string of the molecule is CC(C)C(O)CC[C@@H](C)C1CCC2C3CC=C4C[C@@H](O)C[C@@H](C)C4C3CC[C@@]21C. The Morgan fingerprint density at radius 2 is 1.86 bits per heavy atom. The smallest absolute Gasteiger partial charge is 0.0580 e. The quantitative estimate of drug-likeness (QED) is 0.536. The highest BCUT2D eigenvalue weighted by atomic mass is 16.3. The average Bonchev–Trinajstić information content (AvgIpc) is 3.02. The van der Waals surface area contributed by atoms with Gasteiger partial charge in [-0.05, 0) is 111 Å². The zero-order chi connectivity index (χ0) is 20.9. The number of hydrogen-bond acceptors (Lipinski definition) is 2. The van der Waals surface area contributed by atoms with Crippen LogP contribution in [-0.2, 0) is 0 Å². The molecule has 0 saturated heterocycles. The molecule has 4 aliphatic carbocycles. The Hall–Kier alpha value is -0.340. The lowest BCUT2D eigenvalue weighted by atomic mass is 9.50. The van der Waals surface area contributed by atoms with Gasteiger partial charge >= 0.3 is 0 Å². The highest BCUT2D eigenvalue weighted by Gasteiger charge is 2.57. The third kappa shape index (κ3) is 3.86. The lowest BCUT2D eigenvalue weighted by molar-refractivity contribution is -0.0412. The number of rotatable bonds is 5. The molecule has 4 rings (SSSR count). The van der Waals surface area contributed by atoms with Crippen molar-refractivity contribution in [2.45, 2.75) is 105 Å². The fourth-order valence-electron chi connectivity index (χ4n) is 8.68. The molecule has 3 fully saturated rings. The largest absolute Gasteiger partial charge is 0.393 e. The van der Waals surface area contributed by atoms with E-state index in [0.717, 1.165) is 54.8 Å². The number of fused-ring (bicyclic) bond motifs is 5. The van der Waals surface area contributed by atoms with E-state index in [2.05, 4.69) is 40.7 Å². The van der Waals surface area contributed by atoms with Crippen LogP contribution in [0.2, 0.25) is 0 Å². The van der Waals surface area contributed by atoms with E-state index in [0.29, 0.717) is 17.3 Å². The zero-order valence-electron chi connectivity index (χ0n) is 19.6. The fourth-order valence-corrected chi connectivity index (χ4v) is 8.68. The summed E-state index contributed by atoms with van der Waals surface area (Å²) in [6.45, 7) is 11.8. The molecule has 0 amide bonds. The second kappa shape index (κ2) is 8.30. The van der Waals surface area contributed by atoms with E-state index in [4.69, 9.17) is 0 Å². The molecule has 2 nitrogen and oxygen atoms in total. The Morgan fingerprint density at radius 1 is 1.10 bits per heavy atom. The van der Waals surface area contributed by atoms with Gasteiger partial charge in [0.05, 0.1) is 12.2 Å². The maximum Gasteiger partial charge on any atom is 0.0580 e. The van der Waals surface area contributed by atoms with Crippen molar-refractivity contribution in [3.05, 3.63) is 11.6 Å². The molecule has 2 heteroatoms. The zero-order valence-corrected chi connectivity index (χ0v) is 19.6.